The van der Waals surface area contributed by atoms with Crippen molar-refractivity contribution < 1.29 is 23.8 Å². The maximum atomic E-state index is 15.9. The normalized spacial score (nSPS) is 13.6. The highest BCUT2D eigenvalue weighted by atomic mass is 19.1. The van der Waals surface area contributed by atoms with Crippen LogP contribution in [0.25, 0.3) is 27.6 Å². The van der Waals surface area contributed by atoms with Gasteiger partial charge < -0.3 is 19.7 Å². The van der Waals surface area contributed by atoms with Crippen LogP contribution in [0.3, 0.4) is 0 Å². The number of amides is 1. The molecule has 190 valence electrons. The highest BCUT2D eigenvalue weighted by Gasteiger charge is 2.25. The zero-order valence-electron chi connectivity index (χ0n) is 20.3. The Morgan fingerprint density at radius 2 is 2.08 bits per heavy atom. The number of halogens is 1. The number of nitrogens with zero attached hydrogens (tertiary/aromatic N) is 4. The predicted molar refractivity (Wildman–Crippen MR) is 136 cm³/mol. The molecule has 1 aliphatic rings. The van der Waals surface area contributed by atoms with Gasteiger partial charge in [-0.15, -0.1) is 0 Å². The molecule has 0 spiro atoms. The van der Waals surface area contributed by atoms with Gasteiger partial charge in [-0.3, -0.25) is 14.5 Å². The number of carbonyl (C=O) groups is 2. The summed E-state index contributed by atoms with van der Waals surface area (Å²) in [6, 6.07) is 6.64. The van der Waals surface area contributed by atoms with E-state index in [1.807, 2.05) is 13.0 Å². The Morgan fingerprint density at radius 1 is 1.22 bits per heavy atom. The smallest absolute Gasteiger partial charge is 0.352 e. The van der Waals surface area contributed by atoms with E-state index in [0.29, 0.717) is 59.5 Å². The summed E-state index contributed by atoms with van der Waals surface area (Å²) >= 11 is 0. The van der Waals surface area contributed by atoms with E-state index >= 15 is 4.39 Å². The highest BCUT2D eigenvalue weighted by Crippen LogP contribution is 2.39. The SMILES string of the molecule is CCOc1ccncc1-c1cc(C2=CCCN(C(=O)CCn3cccn3)C2)c(F)c2[nH]c(C(=O)O)cc12. The van der Waals surface area contributed by atoms with Crippen LogP contribution in [0.5, 0.6) is 5.75 Å². The van der Waals surface area contributed by atoms with Gasteiger partial charge in [0, 0.05) is 67.4 Å². The quantitative estimate of drug-likeness (QED) is 0.369. The predicted octanol–water partition coefficient (Wildman–Crippen LogP) is 4.37. The molecular weight excluding hydrogens is 477 g/mol. The molecule has 10 heteroatoms. The number of nitrogens with one attached hydrogen (secondary N) is 1. The number of ether oxygens (including phenoxy) is 1. The molecule has 1 aromatic carbocycles. The molecule has 4 heterocycles. The minimum Gasteiger partial charge on any atom is -0.493 e. The summed E-state index contributed by atoms with van der Waals surface area (Å²) in [6.07, 6.45) is 9.49. The summed E-state index contributed by atoms with van der Waals surface area (Å²) in [4.78, 5) is 33.3. The fourth-order valence-corrected chi connectivity index (χ4v) is 4.65. The first-order valence-corrected chi connectivity index (χ1v) is 12.1. The molecule has 4 aromatic rings. The van der Waals surface area contributed by atoms with Crippen molar-refractivity contribution in [3.8, 4) is 16.9 Å². The molecule has 0 radical (unpaired) electrons. The van der Waals surface area contributed by atoms with Crippen LogP contribution in [0, 0.1) is 5.82 Å². The van der Waals surface area contributed by atoms with E-state index in [4.69, 9.17) is 4.74 Å². The number of benzene rings is 1. The molecule has 5 rings (SSSR count). The van der Waals surface area contributed by atoms with Crippen LogP contribution in [-0.2, 0) is 11.3 Å². The van der Waals surface area contributed by atoms with E-state index < -0.39 is 11.8 Å². The van der Waals surface area contributed by atoms with Crippen molar-refractivity contribution >= 4 is 28.4 Å². The van der Waals surface area contributed by atoms with Crippen molar-refractivity contribution in [2.24, 2.45) is 0 Å². The molecule has 2 N–H and O–H groups in total. The Balaban J connectivity index is 1.54. The number of carboxylic acids is 1. The summed E-state index contributed by atoms with van der Waals surface area (Å²) in [5.74, 6) is -1.24. The van der Waals surface area contributed by atoms with Gasteiger partial charge in [0.25, 0.3) is 0 Å². The molecule has 0 saturated heterocycles. The van der Waals surface area contributed by atoms with Gasteiger partial charge in [0.15, 0.2) is 5.82 Å². The van der Waals surface area contributed by atoms with Crippen molar-refractivity contribution in [1.29, 1.82) is 0 Å². The number of rotatable bonds is 8. The number of aromatic carboxylic acids is 1. The lowest BCUT2D eigenvalue weighted by Crippen LogP contribution is -2.36. The molecule has 37 heavy (non-hydrogen) atoms. The fourth-order valence-electron chi connectivity index (χ4n) is 4.65. The Bertz CT molecular complexity index is 1490. The third kappa shape index (κ3) is 4.82. The minimum absolute atomic E-state index is 0.0401. The molecule has 0 unspecified atom stereocenters. The van der Waals surface area contributed by atoms with Crippen LogP contribution >= 0.6 is 0 Å². The number of pyridine rings is 1. The minimum atomic E-state index is -1.19. The van der Waals surface area contributed by atoms with Crippen LogP contribution in [0.4, 0.5) is 4.39 Å². The summed E-state index contributed by atoms with van der Waals surface area (Å²) in [5, 5.41) is 14.1. The Hall–Kier alpha value is -4.47. The van der Waals surface area contributed by atoms with Gasteiger partial charge in [0.2, 0.25) is 5.91 Å². The van der Waals surface area contributed by atoms with Crippen LogP contribution < -0.4 is 4.74 Å². The second-order valence-electron chi connectivity index (χ2n) is 8.72. The summed E-state index contributed by atoms with van der Waals surface area (Å²) in [5.41, 5.74) is 2.14. The van der Waals surface area contributed by atoms with Crippen LogP contribution in [-0.4, -0.2) is 61.3 Å². The van der Waals surface area contributed by atoms with Crippen molar-refractivity contribution in [2.45, 2.75) is 26.3 Å². The number of carboxylic acid groups (broad SMARTS) is 1. The lowest BCUT2D eigenvalue weighted by Gasteiger charge is -2.28. The molecular formula is C27H26FN5O4. The number of aryl methyl sites for hydroxylation is 1. The largest absolute Gasteiger partial charge is 0.493 e. The molecule has 0 saturated carbocycles. The zero-order valence-corrected chi connectivity index (χ0v) is 20.3. The maximum absolute atomic E-state index is 15.9. The van der Waals surface area contributed by atoms with Crippen molar-refractivity contribution in [2.75, 3.05) is 19.7 Å². The summed E-state index contributed by atoms with van der Waals surface area (Å²) in [6.45, 7) is 3.54. The first-order valence-electron chi connectivity index (χ1n) is 12.1. The molecule has 1 aliphatic heterocycles. The number of hydrogen-bond donors (Lipinski definition) is 2. The monoisotopic (exact) mass is 503 g/mol. The zero-order chi connectivity index (χ0) is 25.9. The molecule has 0 fully saturated rings. The van der Waals surface area contributed by atoms with Crippen molar-refractivity contribution in [3.63, 3.8) is 0 Å². The first-order chi connectivity index (χ1) is 18.0. The van der Waals surface area contributed by atoms with Gasteiger partial charge in [-0.05, 0) is 48.7 Å². The van der Waals surface area contributed by atoms with E-state index in [0.717, 1.165) is 0 Å². The highest BCUT2D eigenvalue weighted by molar-refractivity contribution is 6.03. The van der Waals surface area contributed by atoms with E-state index in [2.05, 4.69) is 15.1 Å². The van der Waals surface area contributed by atoms with Crippen molar-refractivity contribution in [1.82, 2.24) is 24.6 Å². The number of carbonyl (C=O) groups excluding carboxylic acids is 1. The van der Waals surface area contributed by atoms with E-state index in [-0.39, 0.29) is 30.1 Å². The van der Waals surface area contributed by atoms with E-state index in [1.165, 1.54) is 6.07 Å². The van der Waals surface area contributed by atoms with E-state index in [1.54, 1.807) is 52.6 Å². The number of aromatic nitrogens is 4. The number of H-pyrrole nitrogens is 1. The Morgan fingerprint density at radius 3 is 2.84 bits per heavy atom. The number of aromatic amines is 1. The van der Waals surface area contributed by atoms with Gasteiger partial charge in [-0.25, -0.2) is 9.18 Å². The molecule has 0 aliphatic carbocycles. The van der Waals surface area contributed by atoms with E-state index in [9.17, 15) is 14.7 Å². The Kier molecular flexibility index (Phi) is 6.72. The van der Waals surface area contributed by atoms with Gasteiger partial charge in [-0.1, -0.05) is 6.08 Å². The van der Waals surface area contributed by atoms with Gasteiger partial charge >= 0.3 is 5.97 Å². The van der Waals surface area contributed by atoms with Gasteiger partial charge in [0.1, 0.15) is 11.4 Å². The second kappa shape index (κ2) is 10.3. The summed E-state index contributed by atoms with van der Waals surface area (Å²) in [7, 11) is 0. The lowest BCUT2D eigenvalue weighted by molar-refractivity contribution is -0.131. The fraction of sp³-hybridized carbons (Fsp3) is 0.259. The third-order valence-electron chi connectivity index (χ3n) is 6.42. The maximum Gasteiger partial charge on any atom is 0.352 e. The first kappa shape index (κ1) is 24.2. The molecule has 0 bridgehead atoms. The topological polar surface area (TPSA) is 113 Å². The number of fused-ring (bicyclic) bond motifs is 1. The Labute approximate surface area is 212 Å². The molecule has 3 aromatic heterocycles. The van der Waals surface area contributed by atoms with Crippen LogP contribution in [0.1, 0.15) is 35.8 Å². The molecule has 0 atom stereocenters. The summed E-state index contributed by atoms with van der Waals surface area (Å²) < 4.78 is 23.4. The molecule has 9 nitrogen and oxygen atoms in total. The number of hydrogen-bond acceptors (Lipinski definition) is 5. The van der Waals surface area contributed by atoms with Crippen LogP contribution in [0.2, 0.25) is 0 Å². The van der Waals surface area contributed by atoms with Gasteiger partial charge in [-0.2, -0.15) is 5.10 Å². The second-order valence-corrected chi connectivity index (χ2v) is 8.72. The average molecular weight is 504 g/mol. The third-order valence-corrected chi connectivity index (χ3v) is 6.42. The van der Waals surface area contributed by atoms with Gasteiger partial charge in [0.05, 0.1) is 12.1 Å². The lowest BCUT2D eigenvalue weighted by atomic mass is 9.93. The molecule has 1 amide bonds. The standard InChI is InChI=1S/C27H26FN5O4/c1-2-37-23-6-9-29-15-21(23)19-13-18(25(28)26-20(19)14-22(31-26)27(35)36)17-5-3-10-32(16-17)24(34)7-12-33-11-4-8-30-33/h4-6,8-9,11,13-15,31H,2-3,7,10,12,16H2,1H3,(H,35,36). The van der Waals surface area contributed by atoms with Crippen LogP contribution in [0.15, 0.2) is 55.1 Å². The van der Waals surface area contributed by atoms with Crippen molar-refractivity contribution in [3.05, 3.63) is 72.2 Å². The average Bonchev–Trinajstić information content (AvgIpc) is 3.59.